The Labute approximate surface area is 137 Å². The molecule has 2 aromatic rings. The number of nitrogens with zero attached hydrogens (tertiary/aromatic N) is 3. The lowest BCUT2D eigenvalue weighted by Gasteiger charge is -2.15. The fourth-order valence-corrected chi connectivity index (χ4v) is 2.61. The van der Waals surface area contributed by atoms with Crippen LogP contribution in [0, 0.1) is 10.1 Å². The van der Waals surface area contributed by atoms with Crippen molar-refractivity contribution in [1.82, 2.24) is 9.88 Å². The number of aromatic nitrogens is 1. The molecule has 0 N–H and O–H groups in total. The highest BCUT2D eigenvalue weighted by molar-refractivity contribution is 7.09. The summed E-state index contributed by atoms with van der Waals surface area (Å²) in [4.78, 5) is 28.0. The fraction of sp³-hybridized carbons (Fsp3) is 0.333. The summed E-state index contributed by atoms with van der Waals surface area (Å²) < 4.78 is 5.18. The molecule has 23 heavy (non-hydrogen) atoms. The average molecular weight is 335 g/mol. The van der Waals surface area contributed by atoms with Crippen molar-refractivity contribution in [3.8, 4) is 5.75 Å². The number of hydrogen-bond donors (Lipinski definition) is 0. The van der Waals surface area contributed by atoms with Crippen molar-refractivity contribution in [2.75, 3.05) is 7.05 Å². The van der Waals surface area contributed by atoms with Gasteiger partial charge in [0.2, 0.25) is 0 Å². The van der Waals surface area contributed by atoms with Crippen molar-refractivity contribution in [2.24, 2.45) is 0 Å². The van der Waals surface area contributed by atoms with Crippen molar-refractivity contribution in [1.29, 1.82) is 0 Å². The number of carbonyl (C=O) groups is 1. The SMILES string of the molecule is CC(C)c1nc(CN(C)C(=O)Oc2ccc([N+](=O)[O-])cc2)cs1. The Balaban J connectivity index is 1.95. The average Bonchev–Trinajstić information content (AvgIpc) is 2.96. The van der Waals surface area contributed by atoms with Crippen molar-refractivity contribution in [3.05, 3.63) is 50.5 Å². The number of carbonyl (C=O) groups excluding carboxylic acids is 1. The Kier molecular flexibility index (Phi) is 5.28. The van der Waals surface area contributed by atoms with Crippen LogP contribution in [-0.2, 0) is 6.54 Å². The molecule has 1 amide bonds. The van der Waals surface area contributed by atoms with E-state index in [0.717, 1.165) is 10.7 Å². The molecule has 2 rings (SSSR count). The Morgan fingerprint density at radius 2 is 2.04 bits per heavy atom. The van der Waals surface area contributed by atoms with Crippen LogP contribution in [0.5, 0.6) is 5.75 Å². The van der Waals surface area contributed by atoms with Gasteiger partial charge in [0.05, 0.1) is 22.2 Å². The highest BCUT2D eigenvalue weighted by Crippen LogP contribution is 2.21. The lowest BCUT2D eigenvalue weighted by Crippen LogP contribution is -2.29. The van der Waals surface area contributed by atoms with Gasteiger partial charge in [-0.3, -0.25) is 10.1 Å². The minimum atomic E-state index is -0.544. The molecule has 0 spiro atoms. The highest BCUT2D eigenvalue weighted by atomic mass is 32.1. The van der Waals surface area contributed by atoms with E-state index >= 15 is 0 Å². The summed E-state index contributed by atoms with van der Waals surface area (Å²) in [6.45, 7) is 4.47. The Morgan fingerprint density at radius 1 is 1.39 bits per heavy atom. The molecule has 1 heterocycles. The molecule has 0 saturated heterocycles. The van der Waals surface area contributed by atoms with Crippen LogP contribution >= 0.6 is 11.3 Å². The summed E-state index contributed by atoms with van der Waals surface area (Å²) in [5.41, 5.74) is 0.753. The topological polar surface area (TPSA) is 85.6 Å². The first-order chi connectivity index (χ1) is 10.9. The number of hydrogen-bond acceptors (Lipinski definition) is 6. The molecule has 122 valence electrons. The first-order valence-corrected chi connectivity index (χ1v) is 7.86. The number of ether oxygens (including phenoxy) is 1. The van der Waals surface area contributed by atoms with Gasteiger partial charge in [-0.1, -0.05) is 13.8 Å². The van der Waals surface area contributed by atoms with Gasteiger partial charge in [-0.15, -0.1) is 11.3 Å². The third-order valence-corrected chi connectivity index (χ3v) is 4.22. The van der Waals surface area contributed by atoms with Crippen molar-refractivity contribution < 1.29 is 14.5 Å². The molecule has 0 aliphatic heterocycles. The monoisotopic (exact) mass is 335 g/mol. The number of nitro benzene ring substituents is 1. The molecule has 0 saturated carbocycles. The first-order valence-electron chi connectivity index (χ1n) is 6.98. The van der Waals surface area contributed by atoms with Gasteiger partial charge in [-0.2, -0.15) is 0 Å². The fourth-order valence-electron chi connectivity index (χ4n) is 1.78. The summed E-state index contributed by atoms with van der Waals surface area (Å²) in [6.07, 6.45) is -0.544. The van der Waals surface area contributed by atoms with Crippen LogP contribution < -0.4 is 4.74 Å². The first kappa shape index (κ1) is 16.9. The zero-order valence-electron chi connectivity index (χ0n) is 13.1. The van der Waals surface area contributed by atoms with Gasteiger partial charge >= 0.3 is 6.09 Å². The molecule has 7 nitrogen and oxygen atoms in total. The van der Waals surface area contributed by atoms with Crippen molar-refractivity contribution >= 4 is 23.1 Å². The normalized spacial score (nSPS) is 10.6. The van der Waals surface area contributed by atoms with E-state index in [4.69, 9.17) is 4.74 Å². The number of non-ortho nitro benzene ring substituents is 1. The highest BCUT2D eigenvalue weighted by Gasteiger charge is 2.15. The zero-order chi connectivity index (χ0) is 17.0. The molecular weight excluding hydrogens is 318 g/mol. The minimum Gasteiger partial charge on any atom is -0.410 e. The summed E-state index contributed by atoms with van der Waals surface area (Å²) in [5, 5.41) is 13.5. The quantitative estimate of drug-likeness (QED) is 0.612. The smallest absolute Gasteiger partial charge is 0.410 e. The van der Waals surface area contributed by atoms with Crippen molar-refractivity contribution in [3.63, 3.8) is 0 Å². The zero-order valence-corrected chi connectivity index (χ0v) is 13.9. The van der Waals surface area contributed by atoms with Crippen molar-refractivity contribution in [2.45, 2.75) is 26.3 Å². The second-order valence-electron chi connectivity index (χ2n) is 5.31. The molecule has 0 fully saturated rings. The van der Waals surface area contributed by atoms with E-state index in [-0.39, 0.29) is 11.4 Å². The van der Waals surface area contributed by atoms with Crippen LogP contribution in [0.4, 0.5) is 10.5 Å². The molecule has 0 aliphatic rings. The molecule has 8 heteroatoms. The predicted octanol–water partition coefficient (Wildman–Crippen LogP) is 3.81. The van der Waals surface area contributed by atoms with E-state index in [1.165, 1.54) is 29.2 Å². The van der Waals surface area contributed by atoms with Crippen LogP contribution in [0.15, 0.2) is 29.6 Å². The summed E-state index contributed by atoms with van der Waals surface area (Å²) in [6, 6.07) is 5.36. The molecule has 0 radical (unpaired) electrons. The number of benzene rings is 1. The molecule has 0 unspecified atom stereocenters. The predicted molar refractivity (Wildman–Crippen MR) is 86.8 cm³/mol. The van der Waals surface area contributed by atoms with E-state index in [2.05, 4.69) is 18.8 Å². The summed E-state index contributed by atoms with van der Waals surface area (Å²) in [7, 11) is 1.61. The maximum absolute atomic E-state index is 12.0. The Hall–Kier alpha value is -2.48. The van der Waals surface area contributed by atoms with E-state index in [1.807, 2.05) is 5.38 Å². The maximum atomic E-state index is 12.0. The largest absolute Gasteiger partial charge is 0.415 e. The van der Waals surface area contributed by atoms with Gasteiger partial charge in [-0.05, 0) is 12.1 Å². The second kappa shape index (κ2) is 7.19. The lowest BCUT2D eigenvalue weighted by atomic mass is 10.2. The lowest BCUT2D eigenvalue weighted by molar-refractivity contribution is -0.384. The van der Waals surface area contributed by atoms with Crippen LogP contribution in [0.1, 0.15) is 30.5 Å². The number of nitro groups is 1. The summed E-state index contributed by atoms with van der Waals surface area (Å²) in [5.74, 6) is 0.611. The summed E-state index contributed by atoms with van der Waals surface area (Å²) >= 11 is 1.57. The van der Waals surface area contributed by atoms with Gasteiger partial charge in [-0.25, -0.2) is 9.78 Å². The van der Waals surface area contributed by atoms with Gasteiger partial charge in [0.1, 0.15) is 5.75 Å². The molecule has 0 aliphatic carbocycles. The third-order valence-electron chi connectivity index (χ3n) is 3.03. The molecule has 1 aromatic carbocycles. The number of rotatable bonds is 5. The van der Waals surface area contributed by atoms with Crippen LogP contribution in [0.2, 0.25) is 0 Å². The van der Waals surface area contributed by atoms with Gasteiger partial charge < -0.3 is 9.64 Å². The van der Waals surface area contributed by atoms with E-state index in [0.29, 0.717) is 12.5 Å². The number of amides is 1. The maximum Gasteiger partial charge on any atom is 0.415 e. The van der Waals surface area contributed by atoms with E-state index in [1.54, 1.807) is 18.4 Å². The molecule has 0 atom stereocenters. The molecular formula is C15H17N3O4S. The minimum absolute atomic E-state index is 0.0539. The van der Waals surface area contributed by atoms with Gasteiger partial charge in [0.15, 0.2) is 0 Å². The molecule has 1 aromatic heterocycles. The standard InChI is InChI=1S/C15H17N3O4S/c1-10(2)14-16-11(9-23-14)8-17(3)15(19)22-13-6-4-12(5-7-13)18(20)21/h4-7,9-10H,8H2,1-3H3. The Morgan fingerprint density at radius 3 is 2.57 bits per heavy atom. The Bertz CT molecular complexity index is 697. The van der Waals surface area contributed by atoms with Crippen LogP contribution in [0.25, 0.3) is 0 Å². The van der Waals surface area contributed by atoms with E-state index in [9.17, 15) is 14.9 Å². The second-order valence-corrected chi connectivity index (χ2v) is 6.20. The van der Waals surface area contributed by atoms with Gasteiger partial charge in [0, 0.05) is 30.5 Å². The van der Waals surface area contributed by atoms with Crippen LogP contribution in [-0.4, -0.2) is 27.9 Å². The number of thiazole rings is 1. The van der Waals surface area contributed by atoms with Gasteiger partial charge in [0.25, 0.3) is 5.69 Å². The van der Waals surface area contributed by atoms with E-state index < -0.39 is 11.0 Å². The third kappa shape index (κ3) is 4.49. The van der Waals surface area contributed by atoms with Crippen LogP contribution in [0.3, 0.4) is 0 Å². The molecule has 0 bridgehead atoms.